The van der Waals surface area contributed by atoms with Crippen molar-refractivity contribution in [2.24, 2.45) is 5.92 Å². The van der Waals surface area contributed by atoms with E-state index in [0.717, 1.165) is 37.0 Å². The summed E-state index contributed by atoms with van der Waals surface area (Å²) in [6.07, 6.45) is 5.67. The normalized spacial score (nSPS) is 24.0. The van der Waals surface area contributed by atoms with Crippen LogP contribution in [-0.2, 0) is 6.42 Å². The fraction of sp³-hybridized carbons (Fsp3) is 0.857. The highest BCUT2D eigenvalue weighted by atomic mass is 16.5. The second-order valence-corrected chi connectivity index (χ2v) is 5.87. The van der Waals surface area contributed by atoms with Gasteiger partial charge in [0.25, 0.3) is 0 Å². The molecule has 18 heavy (non-hydrogen) atoms. The highest BCUT2D eigenvalue weighted by molar-refractivity contribution is 4.99. The molecule has 1 aromatic rings. The molecule has 1 aliphatic rings. The predicted octanol–water partition coefficient (Wildman–Crippen LogP) is 2.90. The molecule has 0 aliphatic heterocycles. The molecule has 1 fully saturated rings. The smallest absolute Gasteiger partial charge is 0.226 e. The minimum atomic E-state index is 0.534. The summed E-state index contributed by atoms with van der Waals surface area (Å²) >= 11 is 0. The first-order valence-electron chi connectivity index (χ1n) is 7.21. The van der Waals surface area contributed by atoms with Crippen LogP contribution in [0.2, 0.25) is 0 Å². The van der Waals surface area contributed by atoms with Crippen molar-refractivity contribution in [2.75, 3.05) is 6.54 Å². The van der Waals surface area contributed by atoms with Crippen LogP contribution in [0.1, 0.15) is 64.1 Å². The van der Waals surface area contributed by atoms with Crippen LogP contribution in [0.3, 0.4) is 0 Å². The van der Waals surface area contributed by atoms with Crippen LogP contribution < -0.4 is 5.32 Å². The van der Waals surface area contributed by atoms with Gasteiger partial charge >= 0.3 is 0 Å². The molecule has 1 saturated carbocycles. The Hall–Kier alpha value is -0.900. The molecule has 1 N–H and O–H groups in total. The summed E-state index contributed by atoms with van der Waals surface area (Å²) in [5.74, 6) is 3.08. The minimum Gasteiger partial charge on any atom is -0.339 e. The molecule has 0 radical (unpaired) electrons. The first kappa shape index (κ1) is 13.5. The minimum absolute atomic E-state index is 0.534. The van der Waals surface area contributed by atoms with Crippen LogP contribution in [-0.4, -0.2) is 22.7 Å². The molecule has 0 amide bonds. The number of hydrogen-bond donors (Lipinski definition) is 1. The van der Waals surface area contributed by atoms with Crippen molar-refractivity contribution in [1.29, 1.82) is 0 Å². The van der Waals surface area contributed by atoms with Crippen LogP contribution in [0.4, 0.5) is 0 Å². The van der Waals surface area contributed by atoms with E-state index in [2.05, 4.69) is 36.2 Å². The molecule has 102 valence electrons. The molecule has 1 aromatic heterocycles. The standard InChI is InChI=1S/C14H25N3O/c1-10(2)15-8-4-5-13-16-14(17-18-13)12-7-6-11(3)9-12/h10-12,15H,4-9H2,1-3H3. The molecule has 0 spiro atoms. The van der Waals surface area contributed by atoms with Crippen molar-refractivity contribution in [2.45, 2.75) is 64.8 Å². The van der Waals surface area contributed by atoms with Gasteiger partial charge in [0.1, 0.15) is 0 Å². The molecule has 0 aromatic carbocycles. The van der Waals surface area contributed by atoms with Crippen LogP contribution >= 0.6 is 0 Å². The van der Waals surface area contributed by atoms with E-state index in [-0.39, 0.29) is 0 Å². The molecular formula is C14H25N3O. The van der Waals surface area contributed by atoms with E-state index in [9.17, 15) is 0 Å². The summed E-state index contributed by atoms with van der Waals surface area (Å²) in [6, 6.07) is 0.545. The van der Waals surface area contributed by atoms with Gasteiger partial charge in [-0.3, -0.25) is 0 Å². The van der Waals surface area contributed by atoms with Gasteiger partial charge in [-0.25, -0.2) is 0 Å². The first-order valence-corrected chi connectivity index (χ1v) is 7.21. The van der Waals surface area contributed by atoms with E-state index in [0.29, 0.717) is 12.0 Å². The van der Waals surface area contributed by atoms with Crippen molar-refractivity contribution >= 4 is 0 Å². The Morgan fingerprint density at radius 1 is 1.39 bits per heavy atom. The number of aromatic nitrogens is 2. The quantitative estimate of drug-likeness (QED) is 0.790. The Morgan fingerprint density at radius 3 is 2.89 bits per heavy atom. The topological polar surface area (TPSA) is 51.0 Å². The van der Waals surface area contributed by atoms with Crippen LogP contribution in [0.15, 0.2) is 4.52 Å². The molecule has 1 heterocycles. The van der Waals surface area contributed by atoms with E-state index in [1.54, 1.807) is 0 Å². The fourth-order valence-corrected chi connectivity index (χ4v) is 2.61. The molecule has 4 heteroatoms. The van der Waals surface area contributed by atoms with Crippen LogP contribution in [0.5, 0.6) is 0 Å². The van der Waals surface area contributed by atoms with Crippen molar-refractivity contribution in [3.63, 3.8) is 0 Å². The van der Waals surface area contributed by atoms with Crippen molar-refractivity contribution in [3.05, 3.63) is 11.7 Å². The lowest BCUT2D eigenvalue weighted by Gasteiger charge is -2.05. The van der Waals surface area contributed by atoms with Crippen LogP contribution in [0.25, 0.3) is 0 Å². The van der Waals surface area contributed by atoms with Gasteiger partial charge in [0, 0.05) is 18.4 Å². The first-order chi connectivity index (χ1) is 8.65. The third kappa shape index (κ3) is 3.80. The second kappa shape index (κ2) is 6.32. The summed E-state index contributed by atoms with van der Waals surface area (Å²) < 4.78 is 5.33. The Kier molecular flexibility index (Phi) is 4.75. The van der Waals surface area contributed by atoms with Gasteiger partial charge in [-0.2, -0.15) is 4.98 Å². The number of nitrogens with one attached hydrogen (secondary N) is 1. The maximum atomic E-state index is 5.33. The van der Waals surface area contributed by atoms with Gasteiger partial charge in [0.05, 0.1) is 0 Å². The summed E-state index contributed by atoms with van der Waals surface area (Å²) in [5.41, 5.74) is 0. The summed E-state index contributed by atoms with van der Waals surface area (Å²) in [5, 5.41) is 7.53. The van der Waals surface area contributed by atoms with E-state index < -0.39 is 0 Å². The molecular weight excluding hydrogens is 226 g/mol. The third-order valence-corrected chi connectivity index (χ3v) is 3.66. The SMILES string of the molecule is CC1CCC(c2noc(CCCNC(C)C)n2)C1. The Bertz CT molecular complexity index is 362. The zero-order valence-electron chi connectivity index (χ0n) is 11.8. The second-order valence-electron chi connectivity index (χ2n) is 5.87. The number of nitrogens with zero attached hydrogens (tertiary/aromatic N) is 2. The lowest BCUT2D eigenvalue weighted by Crippen LogP contribution is -2.23. The van der Waals surface area contributed by atoms with Crippen molar-refractivity contribution < 1.29 is 4.52 Å². The fourth-order valence-electron chi connectivity index (χ4n) is 2.61. The van der Waals surface area contributed by atoms with Crippen molar-refractivity contribution in [3.8, 4) is 0 Å². The zero-order valence-corrected chi connectivity index (χ0v) is 11.8. The Labute approximate surface area is 110 Å². The van der Waals surface area contributed by atoms with Gasteiger partial charge in [0.2, 0.25) is 5.89 Å². The molecule has 0 saturated heterocycles. The van der Waals surface area contributed by atoms with Gasteiger partial charge < -0.3 is 9.84 Å². The molecule has 4 nitrogen and oxygen atoms in total. The molecule has 2 atom stereocenters. The van der Waals surface area contributed by atoms with E-state index in [1.165, 1.54) is 19.3 Å². The lowest BCUT2D eigenvalue weighted by atomic mass is 10.1. The Balaban J connectivity index is 1.76. The maximum Gasteiger partial charge on any atom is 0.226 e. The van der Waals surface area contributed by atoms with E-state index in [4.69, 9.17) is 4.52 Å². The summed E-state index contributed by atoms with van der Waals surface area (Å²) in [7, 11) is 0. The highest BCUT2D eigenvalue weighted by Crippen LogP contribution is 2.36. The largest absolute Gasteiger partial charge is 0.339 e. The van der Waals surface area contributed by atoms with Gasteiger partial charge in [-0.05, 0) is 38.1 Å². The predicted molar refractivity (Wildman–Crippen MR) is 71.5 cm³/mol. The van der Waals surface area contributed by atoms with E-state index >= 15 is 0 Å². The highest BCUT2D eigenvalue weighted by Gasteiger charge is 2.26. The molecule has 2 rings (SSSR count). The van der Waals surface area contributed by atoms with Crippen molar-refractivity contribution in [1.82, 2.24) is 15.5 Å². The molecule has 0 bridgehead atoms. The maximum absolute atomic E-state index is 5.33. The van der Waals surface area contributed by atoms with Gasteiger partial charge in [-0.1, -0.05) is 25.9 Å². The molecule has 2 unspecified atom stereocenters. The monoisotopic (exact) mass is 251 g/mol. The summed E-state index contributed by atoms with van der Waals surface area (Å²) in [6.45, 7) is 7.63. The summed E-state index contributed by atoms with van der Waals surface area (Å²) in [4.78, 5) is 4.54. The van der Waals surface area contributed by atoms with Crippen LogP contribution in [0, 0.1) is 5.92 Å². The van der Waals surface area contributed by atoms with E-state index in [1.807, 2.05) is 0 Å². The Morgan fingerprint density at radius 2 is 2.22 bits per heavy atom. The van der Waals surface area contributed by atoms with Gasteiger partial charge in [0.15, 0.2) is 5.82 Å². The number of hydrogen-bond acceptors (Lipinski definition) is 4. The molecule has 1 aliphatic carbocycles. The average molecular weight is 251 g/mol. The number of aryl methyl sites for hydroxylation is 1. The zero-order chi connectivity index (χ0) is 13.0. The third-order valence-electron chi connectivity index (χ3n) is 3.66. The average Bonchev–Trinajstić information content (AvgIpc) is 2.93. The lowest BCUT2D eigenvalue weighted by molar-refractivity contribution is 0.365. The van der Waals surface area contributed by atoms with Gasteiger partial charge in [-0.15, -0.1) is 0 Å². The number of rotatable bonds is 6.